The summed E-state index contributed by atoms with van der Waals surface area (Å²) >= 11 is 0. The van der Waals surface area contributed by atoms with Crippen LogP contribution >= 0.6 is 0 Å². The summed E-state index contributed by atoms with van der Waals surface area (Å²) in [5, 5.41) is 0. The number of benzene rings is 1. The van der Waals surface area contributed by atoms with E-state index in [1.807, 2.05) is 12.1 Å². The van der Waals surface area contributed by atoms with Crippen LogP contribution in [-0.4, -0.2) is 12.9 Å². The predicted molar refractivity (Wildman–Crippen MR) is 59.4 cm³/mol. The van der Waals surface area contributed by atoms with E-state index in [0.717, 1.165) is 18.6 Å². The van der Waals surface area contributed by atoms with Crippen LogP contribution in [0.25, 0.3) is 0 Å². The third-order valence-corrected chi connectivity index (χ3v) is 3.17. The molecule has 0 aromatic heterocycles. The molecule has 2 nitrogen and oxygen atoms in total. The smallest absolute Gasteiger partial charge is 0.140 e. The van der Waals surface area contributed by atoms with Gasteiger partial charge in [0.15, 0.2) is 0 Å². The number of methoxy groups -OCH3 is 1. The molecule has 0 aliphatic heterocycles. The van der Waals surface area contributed by atoms with Crippen LogP contribution in [0.3, 0.4) is 0 Å². The summed E-state index contributed by atoms with van der Waals surface area (Å²) in [5.74, 6) is 1.31. The van der Waals surface area contributed by atoms with E-state index in [0.29, 0.717) is 12.2 Å². The second-order valence-corrected chi connectivity index (χ2v) is 3.99. The summed E-state index contributed by atoms with van der Waals surface area (Å²) in [6, 6.07) is 6.07. The number of ether oxygens (including phenoxy) is 1. The molecule has 0 N–H and O–H groups in total. The highest BCUT2D eigenvalue weighted by Gasteiger charge is 2.26. The Bertz CT molecular complexity index is 382. The normalized spacial score (nSPS) is 19.9. The SMILES string of the molecule is CC[C@H]1C(=O)CCc2ccc(OC)cc21. The maximum Gasteiger partial charge on any atom is 0.140 e. The fraction of sp³-hybridized carbons (Fsp3) is 0.462. The monoisotopic (exact) mass is 204 g/mol. The van der Waals surface area contributed by atoms with E-state index < -0.39 is 0 Å². The number of Topliss-reactive ketones (excluding diaryl/α,β-unsaturated/α-hetero) is 1. The molecule has 0 unspecified atom stereocenters. The van der Waals surface area contributed by atoms with Crippen molar-refractivity contribution in [3.05, 3.63) is 29.3 Å². The summed E-state index contributed by atoms with van der Waals surface area (Å²) in [5.41, 5.74) is 2.48. The van der Waals surface area contributed by atoms with Gasteiger partial charge in [-0.1, -0.05) is 13.0 Å². The third kappa shape index (κ3) is 1.76. The highest BCUT2D eigenvalue weighted by atomic mass is 16.5. The van der Waals surface area contributed by atoms with E-state index in [2.05, 4.69) is 13.0 Å². The van der Waals surface area contributed by atoms with Gasteiger partial charge in [-0.25, -0.2) is 0 Å². The lowest BCUT2D eigenvalue weighted by Crippen LogP contribution is -2.19. The largest absolute Gasteiger partial charge is 0.497 e. The lowest BCUT2D eigenvalue weighted by atomic mass is 9.80. The molecule has 15 heavy (non-hydrogen) atoms. The number of hydrogen-bond donors (Lipinski definition) is 0. The minimum atomic E-state index is 0.0869. The van der Waals surface area contributed by atoms with Crippen LogP contribution in [-0.2, 0) is 11.2 Å². The van der Waals surface area contributed by atoms with Gasteiger partial charge in [0, 0.05) is 12.3 Å². The lowest BCUT2D eigenvalue weighted by Gasteiger charge is -2.23. The van der Waals surface area contributed by atoms with Gasteiger partial charge >= 0.3 is 0 Å². The molecule has 2 rings (SSSR count). The van der Waals surface area contributed by atoms with Crippen molar-refractivity contribution in [2.45, 2.75) is 32.1 Å². The molecule has 0 spiro atoms. The van der Waals surface area contributed by atoms with Gasteiger partial charge in [-0.3, -0.25) is 4.79 Å². The number of hydrogen-bond acceptors (Lipinski definition) is 2. The van der Waals surface area contributed by atoms with Crippen molar-refractivity contribution in [3.63, 3.8) is 0 Å². The molecule has 1 aliphatic carbocycles. The molecule has 80 valence electrons. The first kappa shape index (κ1) is 10.2. The van der Waals surface area contributed by atoms with Crippen molar-refractivity contribution in [1.82, 2.24) is 0 Å². The average Bonchev–Trinajstić information content (AvgIpc) is 2.28. The number of rotatable bonds is 2. The van der Waals surface area contributed by atoms with Gasteiger partial charge in [0.25, 0.3) is 0 Å². The zero-order valence-electron chi connectivity index (χ0n) is 9.25. The Balaban J connectivity index is 2.45. The summed E-state index contributed by atoms with van der Waals surface area (Å²) in [6.07, 6.45) is 2.46. The van der Waals surface area contributed by atoms with Gasteiger partial charge in [0.05, 0.1) is 7.11 Å². The number of fused-ring (bicyclic) bond motifs is 1. The summed E-state index contributed by atoms with van der Waals surface area (Å²) < 4.78 is 5.20. The van der Waals surface area contributed by atoms with Crippen LogP contribution in [0, 0.1) is 0 Å². The fourth-order valence-electron chi connectivity index (χ4n) is 2.31. The molecule has 2 heteroatoms. The van der Waals surface area contributed by atoms with Gasteiger partial charge in [-0.05, 0) is 36.1 Å². The highest BCUT2D eigenvalue weighted by molar-refractivity contribution is 5.88. The Morgan fingerprint density at radius 3 is 2.87 bits per heavy atom. The standard InChI is InChI=1S/C13H16O2/c1-3-11-12-8-10(15-2)6-4-9(12)5-7-13(11)14/h4,6,8,11H,3,5,7H2,1-2H3/t11-/m1/s1. The average molecular weight is 204 g/mol. The van der Waals surface area contributed by atoms with Crippen LogP contribution in [0.1, 0.15) is 36.8 Å². The van der Waals surface area contributed by atoms with Crippen molar-refractivity contribution in [2.24, 2.45) is 0 Å². The first-order valence-corrected chi connectivity index (χ1v) is 5.45. The summed E-state index contributed by atoms with van der Waals surface area (Å²) in [4.78, 5) is 11.7. The molecule has 0 heterocycles. The topological polar surface area (TPSA) is 26.3 Å². The number of aryl methyl sites for hydroxylation is 1. The molecule has 1 aromatic rings. The van der Waals surface area contributed by atoms with E-state index >= 15 is 0 Å². The molecule has 0 saturated heterocycles. The Morgan fingerprint density at radius 2 is 2.20 bits per heavy atom. The van der Waals surface area contributed by atoms with E-state index in [-0.39, 0.29) is 5.92 Å². The second-order valence-electron chi connectivity index (χ2n) is 3.99. The Morgan fingerprint density at radius 1 is 1.40 bits per heavy atom. The predicted octanol–water partition coefficient (Wildman–Crippen LogP) is 2.70. The molecule has 1 aromatic carbocycles. The quantitative estimate of drug-likeness (QED) is 0.740. The number of ketones is 1. The molecule has 1 aliphatic rings. The first-order chi connectivity index (χ1) is 7.26. The number of carbonyl (C=O) groups excluding carboxylic acids is 1. The maximum absolute atomic E-state index is 11.7. The van der Waals surface area contributed by atoms with E-state index in [1.165, 1.54) is 11.1 Å². The van der Waals surface area contributed by atoms with Gasteiger partial charge in [-0.2, -0.15) is 0 Å². The highest BCUT2D eigenvalue weighted by Crippen LogP contribution is 2.33. The van der Waals surface area contributed by atoms with Gasteiger partial charge in [-0.15, -0.1) is 0 Å². The van der Waals surface area contributed by atoms with Crippen LogP contribution in [0.5, 0.6) is 5.75 Å². The lowest BCUT2D eigenvalue weighted by molar-refractivity contribution is -0.121. The van der Waals surface area contributed by atoms with Crippen LogP contribution in [0.15, 0.2) is 18.2 Å². The zero-order valence-corrected chi connectivity index (χ0v) is 9.25. The maximum atomic E-state index is 11.7. The van der Waals surface area contributed by atoms with Crippen molar-refractivity contribution >= 4 is 5.78 Å². The summed E-state index contributed by atoms with van der Waals surface area (Å²) in [6.45, 7) is 2.07. The van der Waals surface area contributed by atoms with E-state index in [9.17, 15) is 4.79 Å². The van der Waals surface area contributed by atoms with Gasteiger partial charge in [0.2, 0.25) is 0 Å². The third-order valence-electron chi connectivity index (χ3n) is 3.17. The van der Waals surface area contributed by atoms with Crippen LogP contribution < -0.4 is 4.74 Å². The first-order valence-electron chi connectivity index (χ1n) is 5.45. The van der Waals surface area contributed by atoms with Crippen molar-refractivity contribution < 1.29 is 9.53 Å². The minimum Gasteiger partial charge on any atom is -0.497 e. The molecule has 0 amide bonds. The Hall–Kier alpha value is -1.31. The van der Waals surface area contributed by atoms with Crippen LogP contribution in [0.2, 0.25) is 0 Å². The molecular weight excluding hydrogens is 188 g/mol. The molecule has 0 fully saturated rings. The van der Waals surface area contributed by atoms with Gasteiger partial charge < -0.3 is 4.74 Å². The Kier molecular flexibility index (Phi) is 2.76. The van der Waals surface area contributed by atoms with Crippen molar-refractivity contribution in [1.29, 1.82) is 0 Å². The minimum absolute atomic E-state index is 0.0869. The molecule has 0 bridgehead atoms. The molecule has 1 atom stereocenters. The van der Waals surface area contributed by atoms with Gasteiger partial charge in [0.1, 0.15) is 11.5 Å². The van der Waals surface area contributed by atoms with Crippen molar-refractivity contribution in [3.8, 4) is 5.75 Å². The van der Waals surface area contributed by atoms with Crippen molar-refractivity contribution in [2.75, 3.05) is 7.11 Å². The number of carbonyl (C=O) groups is 1. The molecule has 0 saturated carbocycles. The molecule has 0 radical (unpaired) electrons. The zero-order chi connectivity index (χ0) is 10.8. The van der Waals surface area contributed by atoms with E-state index in [1.54, 1.807) is 7.11 Å². The molecular formula is C13H16O2. The summed E-state index contributed by atoms with van der Waals surface area (Å²) in [7, 11) is 1.66. The fourth-order valence-corrected chi connectivity index (χ4v) is 2.31. The van der Waals surface area contributed by atoms with Crippen LogP contribution in [0.4, 0.5) is 0 Å². The second kappa shape index (κ2) is 4.05. The van der Waals surface area contributed by atoms with E-state index in [4.69, 9.17) is 4.74 Å². The Labute approximate surface area is 90.3 Å².